The van der Waals surface area contributed by atoms with E-state index in [4.69, 9.17) is 0 Å². The summed E-state index contributed by atoms with van der Waals surface area (Å²) in [6.45, 7) is 7.40. The SMILES string of the molecule is CCS(=O)c1cccc(-c2cc(C(=O)N3CCC(CO)CC3)c(C)c3[nH]c4ncc(C)cc4c23)c1. The van der Waals surface area contributed by atoms with Crippen molar-refractivity contribution in [1.82, 2.24) is 14.9 Å². The van der Waals surface area contributed by atoms with Crippen molar-refractivity contribution >= 4 is 38.6 Å². The summed E-state index contributed by atoms with van der Waals surface area (Å²) in [6, 6.07) is 12.0. The highest BCUT2D eigenvalue weighted by atomic mass is 32.2. The predicted molar refractivity (Wildman–Crippen MR) is 141 cm³/mol. The number of carbonyl (C=O) groups is 1. The number of benzene rings is 2. The summed E-state index contributed by atoms with van der Waals surface area (Å²) < 4.78 is 12.6. The van der Waals surface area contributed by atoms with Crippen molar-refractivity contribution in [3.63, 3.8) is 0 Å². The van der Waals surface area contributed by atoms with Crippen LogP contribution < -0.4 is 0 Å². The van der Waals surface area contributed by atoms with Crippen LogP contribution in [0.15, 0.2) is 47.5 Å². The second-order valence-corrected chi connectivity index (χ2v) is 11.2. The molecule has 0 bridgehead atoms. The van der Waals surface area contributed by atoms with Crippen LogP contribution in [0, 0.1) is 19.8 Å². The minimum atomic E-state index is -1.07. The Balaban J connectivity index is 1.72. The van der Waals surface area contributed by atoms with Gasteiger partial charge >= 0.3 is 0 Å². The molecule has 1 unspecified atom stereocenters. The van der Waals surface area contributed by atoms with Crippen LogP contribution in [0.25, 0.3) is 33.1 Å². The van der Waals surface area contributed by atoms with Gasteiger partial charge in [0.15, 0.2) is 0 Å². The number of H-pyrrole nitrogens is 1. The van der Waals surface area contributed by atoms with E-state index in [1.54, 1.807) is 0 Å². The Morgan fingerprint density at radius 2 is 1.97 bits per heavy atom. The molecule has 0 spiro atoms. The van der Waals surface area contributed by atoms with E-state index in [0.29, 0.717) is 24.4 Å². The molecule has 3 heterocycles. The van der Waals surface area contributed by atoms with E-state index in [0.717, 1.165) is 61.9 Å². The molecule has 0 saturated carbocycles. The Labute approximate surface area is 207 Å². The lowest BCUT2D eigenvalue weighted by Gasteiger charge is -2.31. The molecule has 1 aliphatic rings. The number of aryl methyl sites for hydroxylation is 2. The smallest absolute Gasteiger partial charge is 0.254 e. The van der Waals surface area contributed by atoms with Gasteiger partial charge in [0.2, 0.25) is 0 Å². The van der Waals surface area contributed by atoms with E-state index >= 15 is 0 Å². The van der Waals surface area contributed by atoms with E-state index in [1.165, 1.54) is 0 Å². The third-order valence-electron chi connectivity index (χ3n) is 7.18. The van der Waals surface area contributed by atoms with Crippen molar-refractivity contribution < 1.29 is 14.1 Å². The first-order valence-electron chi connectivity index (χ1n) is 12.2. The number of fused-ring (bicyclic) bond motifs is 3. The standard InChI is InChI=1S/C28H31N3O3S/c1-4-35(34)21-7-5-6-20(13-21)23-14-22(28(33)31-10-8-19(16-32)9-11-31)18(3)26-25(23)24-12-17(2)15-29-27(24)30-26/h5-7,12-15,19,32H,4,8-11,16H2,1-3H3,(H,29,30). The normalized spacial score (nSPS) is 15.7. The number of pyridine rings is 1. The Morgan fingerprint density at radius 1 is 1.20 bits per heavy atom. The van der Waals surface area contributed by atoms with Gasteiger partial charge in [0.25, 0.3) is 5.91 Å². The van der Waals surface area contributed by atoms with Crippen LogP contribution in [-0.4, -0.2) is 55.5 Å². The van der Waals surface area contributed by atoms with Gasteiger partial charge in [-0.25, -0.2) is 4.98 Å². The molecule has 1 aliphatic heterocycles. The van der Waals surface area contributed by atoms with Crippen LogP contribution in [0.1, 0.15) is 41.3 Å². The molecule has 1 fully saturated rings. The highest BCUT2D eigenvalue weighted by Crippen LogP contribution is 2.39. The Bertz CT molecular complexity index is 1450. The van der Waals surface area contributed by atoms with E-state index < -0.39 is 10.8 Å². The predicted octanol–water partition coefficient (Wildman–Crippen LogP) is 4.97. The van der Waals surface area contributed by atoms with Gasteiger partial charge in [-0.05, 0) is 79.1 Å². The molecule has 1 amide bonds. The molecule has 1 saturated heterocycles. The number of hydrogen-bond acceptors (Lipinski definition) is 4. The number of carbonyl (C=O) groups excluding carboxylic acids is 1. The van der Waals surface area contributed by atoms with Gasteiger partial charge in [0, 0.05) is 52.9 Å². The first-order valence-corrected chi connectivity index (χ1v) is 13.5. The van der Waals surface area contributed by atoms with Gasteiger partial charge in [-0.1, -0.05) is 19.1 Å². The maximum absolute atomic E-state index is 13.7. The summed E-state index contributed by atoms with van der Waals surface area (Å²) in [6.07, 6.45) is 3.48. The van der Waals surface area contributed by atoms with Crippen molar-refractivity contribution in [2.75, 3.05) is 25.4 Å². The van der Waals surface area contributed by atoms with Gasteiger partial charge in [0.05, 0.1) is 16.3 Å². The van der Waals surface area contributed by atoms with Crippen LogP contribution in [0.3, 0.4) is 0 Å². The molecule has 1 atom stereocenters. The average molecular weight is 490 g/mol. The number of nitrogens with zero attached hydrogens (tertiary/aromatic N) is 2. The molecule has 0 radical (unpaired) electrons. The van der Waals surface area contributed by atoms with E-state index in [-0.39, 0.29) is 18.4 Å². The topological polar surface area (TPSA) is 86.3 Å². The lowest BCUT2D eigenvalue weighted by Crippen LogP contribution is -2.39. The van der Waals surface area contributed by atoms with E-state index in [1.807, 2.05) is 62.2 Å². The molecule has 2 aromatic heterocycles. The van der Waals surface area contributed by atoms with Crippen molar-refractivity contribution in [3.8, 4) is 11.1 Å². The zero-order chi connectivity index (χ0) is 24.7. The van der Waals surface area contributed by atoms with Crippen LogP contribution in [0.5, 0.6) is 0 Å². The molecular formula is C28H31N3O3S. The quantitative estimate of drug-likeness (QED) is 0.414. The van der Waals surface area contributed by atoms with Gasteiger partial charge in [-0.2, -0.15) is 0 Å². The molecule has 2 N–H and O–H groups in total. The van der Waals surface area contributed by atoms with Gasteiger partial charge in [-0.3, -0.25) is 9.00 Å². The number of nitrogens with one attached hydrogen (secondary N) is 1. The second kappa shape index (κ2) is 9.55. The molecule has 5 rings (SSSR count). The number of aromatic amines is 1. The number of likely N-dealkylation sites (tertiary alicyclic amines) is 1. The monoisotopic (exact) mass is 489 g/mol. The molecular weight excluding hydrogens is 458 g/mol. The Hall–Kier alpha value is -3.03. The van der Waals surface area contributed by atoms with Crippen LogP contribution in [0.4, 0.5) is 0 Å². The van der Waals surface area contributed by atoms with Crippen LogP contribution in [-0.2, 0) is 10.8 Å². The third kappa shape index (κ3) is 4.28. The fourth-order valence-electron chi connectivity index (χ4n) is 5.11. The summed E-state index contributed by atoms with van der Waals surface area (Å²) >= 11 is 0. The number of hydrogen-bond donors (Lipinski definition) is 2. The maximum Gasteiger partial charge on any atom is 0.254 e. The minimum Gasteiger partial charge on any atom is -0.396 e. The van der Waals surface area contributed by atoms with Crippen molar-refractivity contribution in [1.29, 1.82) is 0 Å². The van der Waals surface area contributed by atoms with Crippen molar-refractivity contribution in [3.05, 3.63) is 59.3 Å². The van der Waals surface area contributed by atoms with E-state index in [9.17, 15) is 14.1 Å². The lowest BCUT2D eigenvalue weighted by molar-refractivity contribution is 0.0650. The summed E-state index contributed by atoms with van der Waals surface area (Å²) in [4.78, 5) is 24.5. The first kappa shape index (κ1) is 23.7. The summed E-state index contributed by atoms with van der Waals surface area (Å²) in [7, 11) is -1.07. The van der Waals surface area contributed by atoms with E-state index in [2.05, 4.69) is 16.0 Å². The molecule has 182 valence electrons. The van der Waals surface area contributed by atoms with Gasteiger partial charge in [0.1, 0.15) is 5.65 Å². The highest BCUT2D eigenvalue weighted by Gasteiger charge is 2.27. The first-order chi connectivity index (χ1) is 16.9. The summed E-state index contributed by atoms with van der Waals surface area (Å²) in [5.41, 5.74) is 6.21. The Morgan fingerprint density at radius 3 is 2.69 bits per heavy atom. The van der Waals surface area contributed by atoms with Crippen molar-refractivity contribution in [2.24, 2.45) is 5.92 Å². The number of aliphatic hydroxyl groups is 1. The fraction of sp³-hybridized carbons (Fsp3) is 0.357. The number of amides is 1. The second-order valence-electron chi connectivity index (χ2n) is 9.46. The summed E-state index contributed by atoms with van der Waals surface area (Å²) in [5.74, 6) is 0.831. The third-order valence-corrected chi connectivity index (χ3v) is 8.49. The highest BCUT2D eigenvalue weighted by molar-refractivity contribution is 7.85. The van der Waals surface area contributed by atoms with Crippen LogP contribution in [0.2, 0.25) is 0 Å². The molecule has 35 heavy (non-hydrogen) atoms. The summed E-state index contributed by atoms with van der Waals surface area (Å²) in [5, 5.41) is 11.5. The fourth-order valence-corrected chi connectivity index (χ4v) is 5.93. The number of aromatic nitrogens is 2. The zero-order valence-corrected chi connectivity index (χ0v) is 21.2. The lowest BCUT2D eigenvalue weighted by atomic mass is 9.92. The minimum absolute atomic E-state index is 0.0122. The number of aliphatic hydroxyl groups excluding tert-OH is 1. The van der Waals surface area contributed by atoms with Gasteiger partial charge in [-0.15, -0.1) is 0 Å². The maximum atomic E-state index is 13.7. The number of rotatable bonds is 5. The molecule has 0 aliphatic carbocycles. The zero-order valence-electron chi connectivity index (χ0n) is 20.4. The largest absolute Gasteiger partial charge is 0.396 e. The molecule has 4 aromatic rings. The van der Waals surface area contributed by atoms with Crippen molar-refractivity contribution in [2.45, 2.75) is 38.5 Å². The van der Waals surface area contributed by atoms with Gasteiger partial charge < -0.3 is 15.0 Å². The number of piperidine rings is 1. The molecule has 6 nitrogen and oxygen atoms in total. The molecule has 2 aromatic carbocycles. The van der Waals surface area contributed by atoms with Crippen LogP contribution >= 0.6 is 0 Å². The Kier molecular flexibility index (Phi) is 6.47. The average Bonchev–Trinajstić information content (AvgIpc) is 3.27. The molecule has 7 heteroatoms.